The zero-order valence-corrected chi connectivity index (χ0v) is 20.3. The molecular formula is C26H31N7O. The SMILES string of the molecule is CCn1cc2ncc(N[C@@H](C)c3cc(NC(=O)Cc4ccc(C(C)C)cn4)ccc3C)nc2n1. The second-order valence-corrected chi connectivity index (χ2v) is 8.85. The fourth-order valence-corrected chi connectivity index (χ4v) is 3.81. The first-order valence-corrected chi connectivity index (χ1v) is 11.6. The van der Waals surface area contributed by atoms with E-state index in [2.05, 4.69) is 58.4 Å². The van der Waals surface area contributed by atoms with Gasteiger partial charge in [0.2, 0.25) is 11.6 Å². The number of carbonyl (C=O) groups excluding carboxylic acids is 1. The summed E-state index contributed by atoms with van der Waals surface area (Å²) in [5.41, 5.74) is 6.24. The molecule has 0 radical (unpaired) electrons. The van der Waals surface area contributed by atoms with Crippen LogP contribution in [0.4, 0.5) is 11.5 Å². The quantitative estimate of drug-likeness (QED) is 0.385. The van der Waals surface area contributed by atoms with Crippen LogP contribution in [0.3, 0.4) is 0 Å². The summed E-state index contributed by atoms with van der Waals surface area (Å²) in [4.78, 5) is 26.1. The Morgan fingerprint density at radius 3 is 2.62 bits per heavy atom. The third kappa shape index (κ3) is 5.39. The maximum atomic E-state index is 12.6. The van der Waals surface area contributed by atoms with Gasteiger partial charge in [-0.3, -0.25) is 14.5 Å². The molecule has 0 bridgehead atoms. The third-order valence-corrected chi connectivity index (χ3v) is 5.85. The molecule has 1 aromatic carbocycles. The van der Waals surface area contributed by atoms with Gasteiger partial charge in [0.15, 0.2) is 0 Å². The van der Waals surface area contributed by atoms with E-state index in [1.165, 1.54) is 0 Å². The van der Waals surface area contributed by atoms with E-state index in [9.17, 15) is 4.79 Å². The Hall–Kier alpha value is -3.81. The molecule has 0 aliphatic heterocycles. The van der Waals surface area contributed by atoms with Crippen molar-refractivity contribution in [2.75, 3.05) is 10.6 Å². The number of anilines is 2. The van der Waals surface area contributed by atoms with Gasteiger partial charge in [0.05, 0.1) is 24.9 Å². The molecule has 8 heteroatoms. The summed E-state index contributed by atoms with van der Waals surface area (Å²) >= 11 is 0. The number of pyridine rings is 1. The Morgan fingerprint density at radius 1 is 1.09 bits per heavy atom. The first-order valence-electron chi connectivity index (χ1n) is 11.6. The standard InChI is InChI=1S/C26H31N7O/c1-6-33-15-23-26(32-33)31-24(14-28-23)29-18(5)22-11-21(9-7-17(22)4)30-25(34)12-20-10-8-19(13-27-20)16(2)3/h7-11,13-16,18H,6,12H2,1-5H3,(H,30,34)(H,29,31,32)/t18-/m0/s1. The number of nitrogens with one attached hydrogen (secondary N) is 2. The largest absolute Gasteiger partial charge is 0.362 e. The maximum absolute atomic E-state index is 12.6. The van der Waals surface area contributed by atoms with Crippen LogP contribution in [0, 0.1) is 6.92 Å². The number of benzene rings is 1. The van der Waals surface area contributed by atoms with Gasteiger partial charge in [0.25, 0.3) is 0 Å². The second-order valence-electron chi connectivity index (χ2n) is 8.85. The summed E-state index contributed by atoms with van der Waals surface area (Å²) in [6.07, 6.45) is 5.69. The zero-order chi connectivity index (χ0) is 24.2. The van der Waals surface area contributed by atoms with Crippen LogP contribution in [0.15, 0.2) is 48.9 Å². The molecule has 176 valence electrons. The number of fused-ring (bicyclic) bond motifs is 1. The minimum Gasteiger partial charge on any atom is -0.362 e. The summed E-state index contributed by atoms with van der Waals surface area (Å²) in [6.45, 7) is 11.2. The molecule has 8 nitrogen and oxygen atoms in total. The van der Waals surface area contributed by atoms with Crippen molar-refractivity contribution in [2.45, 2.75) is 59.5 Å². The molecule has 0 fully saturated rings. The molecule has 0 saturated carbocycles. The van der Waals surface area contributed by atoms with Gasteiger partial charge in [-0.15, -0.1) is 0 Å². The first-order chi connectivity index (χ1) is 16.3. The lowest BCUT2D eigenvalue weighted by Gasteiger charge is -2.18. The average molecular weight is 458 g/mol. The van der Waals surface area contributed by atoms with Gasteiger partial charge in [0, 0.05) is 24.1 Å². The lowest BCUT2D eigenvalue weighted by atomic mass is 10.0. The van der Waals surface area contributed by atoms with Gasteiger partial charge >= 0.3 is 0 Å². The van der Waals surface area contributed by atoms with Gasteiger partial charge in [0.1, 0.15) is 11.3 Å². The number of carbonyl (C=O) groups is 1. The molecule has 1 amide bonds. The molecule has 0 spiro atoms. The number of hydrogen-bond acceptors (Lipinski definition) is 6. The molecule has 1 atom stereocenters. The molecule has 0 saturated heterocycles. The Kier molecular flexibility index (Phi) is 6.86. The zero-order valence-electron chi connectivity index (χ0n) is 20.3. The highest BCUT2D eigenvalue weighted by Crippen LogP contribution is 2.25. The highest BCUT2D eigenvalue weighted by molar-refractivity contribution is 5.92. The third-order valence-electron chi connectivity index (χ3n) is 5.85. The van der Waals surface area contributed by atoms with E-state index in [0.29, 0.717) is 17.4 Å². The van der Waals surface area contributed by atoms with E-state index in [1.54, 1.807) is 6.20 Å². The van der Waals surface area contributed by atoms with Crippen molar-refractivity contribution < 1.29 is 4.79 Å². The first kappa shape index (κ1) is 23.4. The van der Waals surface area contributed by atoms with Gasteiger partial charge < -0.3 is 10.6 Å². The van der Waals surface area contributed by atoms with E-state index in [1.807, 2.05) is 54.3 Å². The number of aryl methyl sites for hydroxylation is 2. The van der Waals surface area contributed by atoms with Crippen molar-refractivity contribution in [1.29, 1.82) is 0 Å². The van der Waals surface area contributed by atoms with Crippen molar-refractivity contribution >= 4 is 28.6 Å². The van der Waals surface area contributed by atoms with Crippen LogP contribution in [-0.2, 0) is 17.8 Å². The number of rotatable bonds is 8. The van der Waals surface area contributed by atoms with Crippen molar-refractivity contribution in [3.63, 3.8) is 0 Å². The topological polar surface area (TPSA) is 97.6 Å². The molecule has 0 aliphatic carbocycles. The summed E-state index contributed by atoms with van der Waals surface area (Å²) in [5.74, 6) is 0.979. The van der Waals surface area contributed by atoms with Gasteiger partial charge in [-0.05, 0) is 61.6 Å². The molecule has 0 unspecified atom stereocenters. The van der Waals surface area contributed by atoms with E-state index in [4.69, 9.17) is 0 Å². The Bertz CT molecular complexity index is 1290. The van der Waals surface area contributed by atoms with Crippen molar-refractivity contribution in [2.24, 2.45) is 0 Å². The smallest absolute Gasteiger partial charge is 0.230 e. The van der Waals surface area contributed by atoms with Crippen molar-refractivity contribution in [3.8, 4) is 0 Å². The van der Waals surface area contributed by atoms with Gasteiger partial charge in [-0.25, -0.2) is 9.97 Å². The van der Waals surface area contributed by atoms with E-state index in [0.717, 1.165) is 40.1 Å². The summed E-state index contributed by atoms with van der Waals surface area (Å²) < 4.78 is 1.82. The van der Waals surface area contributed by atoms with Crippen molar-refractivity contribution in [3.05, 3.63) is 71.3 Å². The molecule has 2 N–H and O–H groups in total. The average Bonchev–Trinajstić information content (AvgIpc) is 3.23. The van der Waals surface area contributed by atoms with Crippen LogP contribution in [0.2, 0.25) is 0 Å². The minimum atomic E-state index is -0.0944. The highest BCUT2D eigenvalue weighted by Gasteiger charge is 2.13. The van der Waals surface area contributed by atoms with Crippen LogP contribution in [-0.4, -0.2) is 30.6 Å². The minimum absolute atomic E-state index is 0.0397. The number of amides is 1. The van der Waals surface area contributed by atoms with E-state index < -0.39 is 0 Å². The Labute approximate surface area is 199 Å². The van der Waals surface area contributed by atoms with Crippen LogP contribution in [0.5, 0.6) is 0 Å². The lowest BCUT2D eigenvalue weighted by Crippen LogP contribution is -2.16. The molecule has 4 aromatic rings. The van der Waals surface area contributed by atoms with Gasteiger partial charge in [-0.1, -0.05) is 26.0 Å². The Morgan fingerprint density at radius 2 is 1.91 bits per heavy atom. The fourth-order valence-electron chi connectivity index (χ4n) is 3.81. The van der Waals surface area contributed by atoms with Crippen LogP contribution < -0.4 is 10.6 Å². The molecular weight excluding hydrogens is 426 g/mol. The van der Waals surface area contributed by atoms with Gasteiger partial charge in [-0.2, -0.15) is 5.10 Å². The van der Waals surface area contributed by atoms with Crippen LogP contribution in [0.1, 0.15) is 62.0 Å². The molecule has 34 heavy (non-hydrogen) atoms. The summed E-state index contributed by atoms with van der Waals surface area (Å²) in [5, 5.41) is 10.8. The summed E-state index contributed by atoms with van der Waals surface area (Å²) in [7, 11) is 0. The molecule has 3 heterocycles. The summed E-state index contributed by atoms with van der Waals surface area (Å²) in [6, 6.07) is 9.84. The molecule has 3 aromatic heterocycles. The molecule has 4 rings (SSSR count). The lowest BCUT2D eigenvalue weighted by molar-refractivity contribution is -0.115. The molecule has 0 aliphatic rings. The number of nitrogens with zero attached hydrogens (tertiary/aromatic N) is 5. The monoisotopic (exact) mass is 457 g/mol. The predicted octanol–water partition coefficient (Wildman–Crippen LogP) is 5.03. The van der Waals surface area contributed by atoms with Crippen molar-refractivity contribution in [1.82, 2.24) is 24.7 Å². The normalized spacial score (nSPS) is 12.2. The predicted molar refractivity (Wildman–Crippen MR) is 135 cm³/mol. The number of hydrogen-bond donors (Lipinski definition) is 2. The number of aromatic nitrogens is 5. The van der Waals surface area contributed by atoms with Crippen LogP contribution >= 0.6 is 0 Å². The maximum Gasteiger partial charge on any atom is 0.230 e. The second kappa shape index (κ2) is 9.99. The van der Waals surface area contributed by atoms with Crippen LogP contribution in [0.25, 0.3) is 11.2 Å². The van der Waals surface area contributed by atoms with E-state index in [-0.39, 0.29) is 18.4 Å². The highest BCUT2D eigenvalue weighted by atomic mass is 16.1. The Balaban J connectivity index is 1.44. The van der Waals surface area contributed by atoms with E-state index >= 15 is 0 Å². The fraction of sp³-hybridized carbons (Fsp3) is 0.346.